The fourth-order valence-electron chi connectivity index (χ4n) is 4.13. The molecule has 1 fully saturated rings. The number of carbonyl (C=O) groups excluding carboxylic acids is 2. The van der Waals surface area contributed by atoms with Crippen LogP contribution in [0.3, 0.4) is 0 Å². The molecule has 0 bridgehead atoms. The Labute approximate surface area is 196 Å². The molecule has 168 valence electrons. The molecule has 1 saturated heterocycles. The van der Waals surface area contributed by atoms with E-state index in [-0.39, 0.29) is 17.9 Å². The topological polar surface area (TPSA) is 67.9 Å². The van der Waals surface area contributed by atoms with Crippen molar-refractivity contribution in [2.75, 3.05) is 31.4 Å². The molecule has 0 unspecified atom stereocenters. The van der Waals surface area contributed by atoms with Crippen LogP contribution in [0, 0.1) is 0 Å². The number of para-hydroxylation sites is 1. The van der Waals surface area contributed by atoms with E-state index in [0.29, 0.717) is 48.3 Å². The number of fused-ring (bicyclic) bond motifs is 1. The van der Waals surface area contributed by atoms with Gasteiger partial charge in [-0.25, -0.2) is 0 Å². The molecule has 0 saturated carbocycles. The first kappa shape index (κ1) is 21.4. The van der Waals surface area contributed by atoms with E-state index >= 15 is 0 Å². The molecule has 0 radical (unpaired) electrons. The molecular weight excluding hydrogens is 436 g/mol. The molecule has 3 aromatic rings. The lowest BCUT2D eigenvalue weighted by Crippen LogP contribution is -2.44. The molecule has 3 aromatic carbocycles. The van der Waals surface area contributed by atoms with Gasteiger partial charge in [-0.3, -0.25) is 9.59 Å². The van der Waals surface area contributed by atoms with Crippen LogP contribution >= 0.6 is 11.8 Å². The maximum absolute atomic E-state index is 13.5. The average Bonchev–Trinajstić information content (AvgIpc) is 3.35. The van der Waals surface area contributed by atoms with Crippen molar-refractivity contribution in [1.29, 1.82) is 0 Å². The first-order valence-electron chi connectivity index (χ1n) is 10.9. The third-order valence-electron chi connectivity index (χ3n) is 5.79. The van der Waals surface area contributed by atoms with Crippen molar-refractivity contribution in [3.63, 3.8) is 0 Å². The van der Waals surface area contributed by atoms with Gasteiger partial charge in [0.25, 0.3) is 11.8 Å². The molecule has 7 heteroatoms. The maximum atomic E-state index is 13.5. The van der Waals surface area contributed by atoms with Gasteiger partial charge in [0.2, 0.25) is 0 Å². The smallest absolute Gasteiger partial charge is 0.255 e. The predicted molar refractivity (Wildman–Crippen MR) is 129 cm³/mol. The van der Waals surface area contributed by atoms with Crippen LogP contribution in [0.5, 0.6) is 11.5 Å². The van der Waals surface area contributed by atoms with Crippen LogP contribution in [-0.4, -0.2) is 54.1 Å². The summed E-state index contributed by atoms with van der Waals surface area (Å²) < 4.78 is 11.2. The highest BCUT2D eigenvalue weighted by atomic mass is 32.2. The highest BCUT2D eigenvalue weighted by Gasteiger charge is 2.32. The Bertz CT molecular complexity index is 1170. The molecule has 1 atom stereocenters. The third-order valence-corrected chi connectivity index (χ3v) is 6.87. The standard InChI is InChI=1S/C26H24N2O4S/c29-25(22-11-6-12-23-24(22)32-14-13-31-23)27-15-19-16-33-17-28(19)26(30)21-10-5-4-9-20(21)18-7-2-1-3-8-18/h1-12,19H,13-17H2,(H,27,29)/t19-/m1/s1. The van der Waals surface area contributed by atoms with Gasteiger partial charge in [0, 0.05) is 17.9 Å². The first-order valence-corrected chi connectivity index (χ1v) is 12.1. The lowest BCUT2D eigenvalue weighted by molar-refractivity contribution is 0.0736. The monoisotopic (exact) mass is 460 g/mol. The summed E-state index contributed by atoms with van der Waals surface area (Å²) in [6, 6.07) is 22.8. The molecule has 33 heavy (non-hydrogen) atoms. The Morgan fingerprint density at radius 3 is 2.55 bits per heavy atom. The van der Waals surface area contributed by atoms with Crippen molar-refractivity contribution < 1.29 is 19.1 Å². The molecule has 0 spiro atoms. The zero-order chi connectivity index (χ0) is 22.6. The second-order valence-corrected chi connectivity index (χ2v) is 8.88. The molecule has 0 aromatic heterocycles. The largest absolute Gasteiger partial charge is 0.486 e. The van der Waals surface area contributed by atoms with Gasteiger partial charge in [-0.05, 0) is 29.3 Å². The van der Waals surface area contributed by atoms with Gasteiger partial charge in [-0.1, -0.05) is 54.6 Å². The minimum Gasteiger partial charge on any atom is -0.486 e. The Morgan fingerprint density at radius 2 is 1.67 bits per heavy atom. The molecule has 2 amide bonds. The van der Waals surface area contributed by atoms with Gasteiger partial charge in [0.1, 0.15) is 13.2 Å². The fraction of sp³-hybridized carbons (Fsp3) is 0.231. The lowest BCUT2D eigenvalue weighted by Gasteiger charge is -2.25. The van der Waals surface area contributed by atoms with Gasteiger partial charge in [-0.2, -0.15) is 0 Å². The number of rotatable bonds is 5. The summed E-state index contributed by atoms with van der Waals surface area (Å²) in [4.78, 5) is 28.3. The van der Waals surface area contributed by atoms with E-state index in [9.17, 15) is 9.59 Å². The van der Waals surface area contributed by atoms with Crippen molar-refractivity contribution in [1.82, 2.24) is 10.2 Å². The van der Waals surface area contributed by atoms with E-state index < -0.39 is 0 Å². The molecule has 1 N–H and O–H groups in total. The van der Waals surface area contributed by atoms with E-state index in [1.165, 1.54) is 0 Å². The quantitative estimate of drug-likeness (QED) is 0.622. The fourth-order valence-corrected chi connectivity index (χ4v) is 5.33. The SMILES string of the molecule is O=C(NC[C@@H]1CSCN1C(=O)c1ccccc1-c1ccccc1)c1cccc2c1OCCO2. The van der Waals surface area contributed by atoms with Crippen molar-refractivity contribution in [2.24, 2.45) is 0 Å². The Kier molecular flexibility index (Phi) is 6.21. The molecule has 6 nitrogen and oxygen atoms in total. The van der Waals surface area contributed by atoms with E-state index in [1.54, 1.807) is 30.0 Å². The molecular formula is C26H24N2O4S. The minimum absolute atomic E-state index is 0.0208. The summed E-state index contributed by atoms with van der Waals surface area (Å²) in [6.45, 7) is 1.26. The van der Waals surface area contributed by atoms with E-state index in [0.717, 1.165) is 16.9 Å². The Hall–Kier alpha value is -3.45. The van der Waals surface area contributed by atoms with Crippen LogP contribution < -0.4 is 14.8 Å². The zero-order valence-corrected chi connectivity index (χ0v) is 18.8. The Morgan fingerprint density at radius 1 is 0.909 bits per heavy atom. The molecule has 2 aliphatic rings. The normalized spacial score (nSPS) is 17.0. The zero-order valence-electron chi connectivity index (χ0n) is 18.0. The van der Waals surface area contributed by atoms with E-state index in [1.807, 2.05) is 59.5 Å². The van der Waals surface area contributed by atoms with Gasteiger partial charge in [0.15, 0.2) is 11.5 Å². The highest BCUT2D eigenvalue weighted by molar-refractivity contribution is 7.99. The van der Waals surface area contributed by atoms with Crippen molar-refractivity contribution in [3.8, 4) is 22.6 Å². The number of ether oxygens (including phenoxy) is 2. The number of carbonyl (C=O) groups is 2. The van der Waals surface area contributed by atoms with Crippen LogP contribution in [-0.2, 0) is 0 Å². The van der Waals surface area contributed by atoms with Crippen molar-refractivity contribution >= 4 is 23.6 Å². The highest BCUT2D eigenvalue weighted by Crippen LogP contribution is 2.34. The van der Waals surface area contributed by atoms with Gasteiger partial charge >= 0.3 is 0 Å². The predicted octanol–water partition coefficient (Wildman–Crippen LogP) is 4.07. The van der Waals surface area contributed by atoms with Gasteiger partial charge in [-0.15, -0.1) is 11.8 Å². The summed E-state index contributed by atoms with van der Waals surface area (Å²) in [6.07, 6.45) is 0. The number of thioether (sulfide) groups is 1. The van der Waals surface area contributed by atoms with E-state index in [2.05, 4.69) is 5.32 Å². The minimum atomic E-state index is -0.230. The van der Waals surface area contributed by atoms with Crippen LogP contribution in [0.1, 0.15) is 20.7 Å². The van der Waals surface area contributed by atoms with Crippen molar-refractivity contribution in [3.05, 3.63) is 83.9 Å². The van der Waals surface area contributed by atoms with E-state index in [4.69, 9.17) is 9.47 Å². The third kappa shape index (κ3) is 4.41. The first-order chi connectivity index (χ1) is 16.2. The average molecular weight is 461 g/mol. The summed E-state index contributed by atoms with van der Waals surface area (Å²) in [5.41, 5.74) is 3.04. The lowest BCUT2D eigenvalue weighted by atomic mass is 9.98. The van der Waals surface area contributed by atoms with Gasteiger partial charge < -0.3 is 19.7 Å². The summed E-state index contributed by atoms with van der Waals surface area (Å²) in [5.74, 6) is 2.18. The number of amides is 2. The van der Waals surface area contributed by atoms with Crippen LogP contribution in [0.15, 0.2) is 72.8 Å². The van der Waals surface area contributed by atoms with Gasteiger partial charge in [0.05, 0.1) is 17.5 Å². The molecule has 2 heterocycles. The van der Waals surface area contributed by atoms with Crippen LogP contribution in [0.25, 0.3) is 11.1 Å². The second kappa shape index (κ2) is 9.58. The molecule has 5 rings (SSSR count). The summed E-state index contributed by atoms with van der Waals surface area (Å²) in [5, 5.41) is 2.99. The summed E-state index contributed by atoms with van der Waals surface area (Å²) >= 11 is 1.69. The number of nitrogens with zero attached hydrogens (tertiary/aromatic N) is 1. The van der Waals surface area contributed by atoms with Crippen LogP contribution in [0.2, 0.25) is 0 Å². The number of nitrogens with one attached hydrogen (secondary N) is 1. The van der Waals surface area contributed by atoms with Crippen molar-refractivity contribution in [2.45, 2.75) is 6.04 Å². The number of hydrogen-bond acceptors (Lipinski definition) is 5. The molecule has 0 aliphatic carbocycles. The van der Waals surface area contributed by atoms with Crippen LogP contribution in [0.4, 0.5) is 0 Å². The number of benzene rings is 3. The number of hydrogen-bond donors (Lipinski definition) is 1. The second-order valence-electron chi connectivity index (χ2n) is 7.88. The summed E-state index contributed by atoms with van der Waals surface area (Å²) in [7, 11) is 0. The molecule has 2 aliphatic heterocycles. The Balaban J connectivity index is 1.31. The maximum Gasteiger partial charge on any atom is 0.255 e.